The Morgan fingerprint density at radius 3 is 2.47 bits per heavy atom. The van der Waals surface area contributed by atoms with E-state index in [-0.39, 0.29) is 23.3 Å². The molecule has 186 valence electrons. The first-order valence-corrected chi connectivity index (χ1v) is 13.1. The summed E-state index contributed by atoms with van der Waals surface area (Å²) in [5.41, 5.74) is 1.64. The van der Waals surface area contributed by atoms with Gasteiger partial charge in [0.1, 0.15) is 21.6 Å². The van der Waals surface area contributed by atoms with Gasteiger partial charge in [-0.25, -0.2) is 9.37 Å². The fraction of sp³-hybridized carbons (Fsp3) is 0.308. The van der Waals surface area contributed by atoms with Crippen molar-refractivity contribution >= 4 is 57.4 Å². The third-order valence-corrected chi connectivity index (χ3v) is 7.98. The molecule has 3 aromatic rings. The molecule has 1 aromatic carbocycles. The summed E-state index contributed by atoms with van der Waals surface area (Å²) in [5.74, 6) is 0.115. The number of rotatable bonds is 5. The van der Waals surface area contributed by atoms with E-state index in [0.29, 0.717) is 52.4 Å². The maximum atomic E-state index is 13.6. The van der Waals surface area contributed by atoms with E-state index in [9.17, 15) is 14.0 Å². The van der Waals surface area contributed by atoms with Crippen molar-refractivity contribution < 1.29 is 9.18 Å². The van der Waals surface area contributed by atoms with Crippen LogP contribution < -0.4 is 15.4 Å². The van der Waals surface area contributed by atoms with Crippen LogP contribution in [-0.2, 0) is 4.79 Å². The fourth-order valence-electron chi connectivity index (χ4n) is 4.46. The molecular weight excluding hydrogens is 497 g/mol. The zero-order valence-electron chi connectivity index (χ0n) is 20.1. The van der Waals surface area contributed by atoms with Crippen molar-refractivity contribution in [3.63, 3.8) is 0 Å². The minimum atomic E-state index is -0.262. The second kappa shape index (κ2) is 10.0. The molecule has 0 saturated carbocycles. The lowest BCUT2D eigenvalue weighted by atomic mass is 10.2. The quantitative estimate of drug-likeness (QED) is 0.368. The van der Waals surface area contributed by atoms with Gasteiger partial charge >= 0.3 is 0 Å². The van der Waals surface area contributed by atoms with Crippen molar-refractivity contribution in [2.75, 3.05) is 36.0 Å². The van der Waals surface area contributed by atoms with E-state index in [0.717, 1.165) is 12.1 Å². The average molecular weight is 524 g/mol. The summed E-state index contributed by atoms with van der Waals surface area (Å²) >= 11 is 6.70. The van der Waals surface area contributed by atoms with E-state index >= 15 is 0 Å². The number of fused-ring (bicyclic) bond motifs is 1. The van der Waals surface area contributed by atoms with E-state index in [1.54, 1.807) is 41.4 Å². The maximum Gasteiger partial charge on any atom is 0.267 e. The number of benzene rings is 1. The molecule has 0 spiro atoms. The first-order valence-electron chi connectivity index (χ1n) is 11.9. The lowest BCUT2D eigenvalue weighted by Gasteiger charge is -2.37. The van der Waals surface area contributed by atoms with Crippen LogP contribution in [0.2, 0.25) is 0 Å². The number of carbonyl (C=O) groups excluding carboxylic acids is 1. The molecule has 2 fully saturated rings. The zero-order chi connectivity index (χ0) is 25.4. The van der Waals surface area contributed by atoms with Crippen LogP contribution in [0.4, 0.5) is 15.9 Å². The van der Waals surface area contributed by atoms with Gasteiger partial charge in [-0.05, 0) is 55.8 Å². The Labute approximate surface area is 218 Å². The van der Waals surface area contributed by atoms with Gasteiger partial charge in [0.25, 0.3) is 11.5 Å². The number of anilines is 2. The number of piperazine rings is 1. The van der Waals surface area contributed by atoms with Crippen LogP contribution in [0.15, 0.2) is 58.4 Å². The highest BCUT2D eigenvalue weighted by molar-refractivity contribution is 8.26. The van der Waals surface area contributed by atoms with Crippen molar-refractivity contribution in [1.82, 2.24) is 14.3 Å². The standard InChI is InChI=1S/C26H26FN5O2S2/c1-3-17(2)32-25(34)21(36-26(32)35)16-20-23(28-22-6-4-5-11-31(22)24(20)33)30-14-12-29(13-15-30)19-9-7-18(27)8-10-19/h4-11,16-17H,3,12-15H2,1-2H3/b21-16-/t17-/m1/s1. The average Bonchev–Trinajstić information content (AvgIpc) is 3.18. The Kier molecular flexibility index (Phi) is 6.81. The van der Waals surface area contributed by atoms with E-state index < -0.39 is 0 Å². The molecule has 1 amide bonds. The summed E-state index contributed by atoms with van der Waals surface area (Å²) in [5, 5.41) is 0. The van der Waals surface area contributed by atoms with Gasteiger partial charge in [-0.1, -0.05) is 37.0 Å². The molecule has 5 rings (SSSR count). The van der Waals surface area contributed by atoms with Crippen LogP contribution in [0.3, 0.4) is 0 Å². The van der Waals surface area contributed by atoms with E-state index in [1.807, 2.05) is 19.9 Å². The predicted octanol–water partition coefficient (Wildman–Crippen LogP) is 4.16. The Hall–Kier alpha value is -3.24. The van der Waals surface area contributed by atoms with Crippen LogP contribution in [-0.4, -0.2) is 56.7 Å². The largest absolute Gasteiger partial charge is 0.368 e. The molecule has 1 atom stereocenters. The third kappa shape index (κ3) is 4.51. The van der Waals surface area contributed by atoms with Crippen molar-refractivity contribution in [2.24, 2.45) is 0 Å². The number of thiocarbonyl (C=S) groups is 1. The third-order valence-electron chi connectivity index (χ3n) is 6.65. The summed E-state index contributed by atoms with van der Waals surface area (Å²) in [6, 6.07) is 11.9. The molecule has 0 unspecified atom stereocenters. The second-order valence-electron chi connectivity index (χ2n) is 8.84. The van der Waals surface area contributed by atoms with Gasteiger partial charge in [0.2, 0.25) is 0 Å². The first-order chi connectivity index (χ1) is 17.4. The molecule has 4 heterocycles. The molecule has 2 aromatic heterocycles. The summed E-state index contributed by atoms with van der Waals surface area (Å²) in [6.07, 6.45) is 4.12. The molecule has 7 nitrogen and oxygen atoms in total. The lowest BCUT2D eigenvalue weighted by molar-refractivity contribution is -0.123. The molecule has 2 aliphatic rings. The predicted molar refractivity (Wildman–Crippen MR) is 147 cm³/mol. The van der Waals surface area contributed by atoms with Crippen LogP contribution in [0.5, 0.6) is 0 Å². The summed E-state index contributed by atoms with van der Waals surface area (Å²) in [4.78, 5) is 37.9. The SMILES string of the molecule is CC[C@@H](C)N1C(=O)/C(=C/c2c(N3CCN(c4ccc(F)cc4)CC3)nc3ccccn3c2=O)SC1=S. The van der Waals surface area contributed by atoms with E-state index in [1.165, 1.54) is 28.3 Å². The summed E-state index contributed by atoms with van der Waals surface area (Å²) in [6.45, 7) is 6.61. The number of carbonyl (C=O) groups is 1. The topological polar surface area (TPSA) is 61.2 Å². The molecule has 36 heavy (non-hydrogen) atoms. The molecule has 0 bridgehead atoms. The summed E-state index contributed by atoms with van der Waals surface area (Å²) in [7, 11) is 0. The molecule has 10 heteroatoms. The highest BCUT2D eigenvalue weighted by Gasteiger charge is 2.35. The normalized spacial score (nSPS) is 18.5. The van der Waals surface area contributed by atoms with Crippen LogP contribution in [0.25, 0.3) is 11.7 Å². The number of amides is 1. The smallest absolute Gasteiger partial charge is 0.267 e. The highest BCUT2D eigenvalue weighted by Crippen LogP contribution is 2.35. The minimum absolute atomic E-state index is 0.0155. The monoisotopic (exact) mass is 523 g/mol. The van der Waals surface area contributed by atoms with Crippen molar-refractivity contribution in [2.45, 2.75) is 26.3 Å². The Morgan fingerprint density at radius 1 is 1.08 bits per heavy atom. The molecule has 0 N–H and O–H groups in total. The zero-order valence-corrected chi connectivity index (χ0v) is 21.7. The highest BCUT2D eigenvalue weighted by atomic mass is 32.2. The molecule has 2 aliphatic heterocycles. The van der Waals surface area contributed by atoms with Gasteiger partial charge in [0.05, 0.1) is 10.5 Å². The number of halogens is 1. The van der Waals surface area contributed by atoms with Crippen LogP contribution in [0, 0.1) is 5.82 Å². The minimum Gasteiger partial charge on any atom is -0.368 e. The number of aromatic nitrogens is 2. The van der Waals surface area contributed by atoms with Gasteiger partial charge < -0.3 is 9.80 Å². The van der Waals surface area contributed by atoms with Gasteiger partial charge in [0, 0.05) is 44.1 Å². The Morgan fingerprint density at radius 2 is 1.78 bits per heavy atom. The first kappa shape index (κ1) is 24.5. The number of hydrogen-bond donors (Lipinski definition) is 0. The van der Waals surface area contributed by atoms with Gasteiger partial charge in [-0.2, -0.15) is 0 Å². The van der Waals surface area contributed by atoms with Gasteiger partial charge in [-0.3, -0.25) is 18.9 Å². The lowest BCUT2D eigenvalue weighted by Crippen LogP contribution is -2.47. The number of thioether (sulfide) groups is 1. The van der Waals surface area contributed by atoms with Gasteiger partial charge in [0.15, 0.2) is 0 Å². The van der Waals surface area contributed by atoms with E-state index in [2.05, 4.69) is 9.80 Å². The number of hydrogen-bond acceptors (Lipinski definition) is 7. The Balaban J connectivity index is 1.51. The van der Waals surface area contributed by atoms with Gasteiger partial charge in [-0.15, -0.1) is 0 Å². The molecular formula is C26H26FN5O2S2. The molecule has 0 aliphatic carbocycles. The number of pyridine rings is 1. The van der Waals surface area contributed by atoms with Crippen LogP contribution in [0.1, 0.15) is 25.8 Å². The fourth-order valence-corrected chi connectivity index (χ4v) is 5.90. The molecule has 2 saturated heterocycles. The maximum absolute atomic E-state index is 13.6. The Bertz CT molecular complexity index is 1410. The van der Waals surface area contributed by atoms with Crippen LogP contribution >= 0.6 is 24.0 Å². The molecule has 0 radical (unpaired) electrons. The van der Waals surface area contributed by atoms with Crippen molar-refractivity contribution in [3.05, 3.63) is 75.3 Å². The summed E-state index contributed by atoms with van der Waals surface area (Å²) < 4.78 is 15.3. The van der Waals surface area contributed by atoms with Crippen molar-refractivity contribution in [3.8, 4) is 0 Å². The second-order valence-corrected chi connectivity index (χ2v) is 10.5. The number of nitrogens with zero attached hydrogens (tertiary/aromatic N) is 5. The van der Waals surface area contributed by atoms with Crippen molar-refractivity contribution in [1.29, 1.82) is 0 Å². The van der Waals surface area contributed by atoms with E-state index in [4.69, 9.17) is 17.2 Å².